The number of rotatable bonds is 4. The summed E-state index contributed by atoms with van der Waals surface area (Å²) in [5.41, 5.74) is 1.82. The van der Waals surface area contributed by atoms with E-state index in [1.807, 2.05) is 25.1 Å². The number of sulfonamides is 1. The average Bonchev–Trinajstić information content (AvgIpc) is 2.96. The molecular weight excluding hydrogens is 402 g/mol. The molecule has 1 aliphatic rings. The lowest BCUT2D eigenvalue weighted by molar-refractivity contribution is -0.141. The van der Waals surface area contributed by atoms with Gasteiger partial charge in [-0.3, -0.25) is 9.59 Å². The number of hydrogen-bond donors (Lipinski definition) is 0. The highest BCUT2D eigenvalue weighted by molar-refractivity contribution is 7.88. The van der Waals surface area contributed by atoms with Gasteiger partial charge in [0.25, 0.3) is 5.91 Å². The van der Waals surface area contributed by atoms with Crippen molar-refractivity contribution >= 4 is 43.5 Å². The molecule has 152 valence electrons. The van der Waals surface area contributed by atoms with E-state index in [2.05, 4.69) is 4.99 Å². The molecule has 1 fully saturated rings. The molecule has 1 amide bonds. The van der Waals surface area contributed by atoms with E-state index in [-0.39, 0.29) is 6.54 Å². The second kappa shape index (κ2) is 8.14. The Kier molecular flexibility index (Phi) is 6.01. The van der Waals surface area contributed by atoms with E-state index in [1.54, 1.807) is 4.57 Å². The number of hydrogen-bond acceptors (Lipinski definition) is 6. The first-order chi connectivity index (χ1) is 13.2. The molecule has 2 heterocycles. The molecule has 3 rings (SSSR count). The summed E-state index contributed by atoms with van der Waals surface area (Å²) < 4.78 is 32.6. The van der Waals surface area contributed by atoms with Crippen molar-refractivity contribution in [1.82, 2.24) is 8.87 Å². The van der Waals surface area contributed by atoms with Crippen LogP contribution in [0.5, 0.6) is 0 Å². The Hall–Kier alpha value is -2.04. The maximum absolute atomic E-state index is 12.9. The van der Waals surface area contributed by atoms with Crippen LogP contribution in [0.4, 0.5) is 0 Å². The third-order valence-corrected chi connectivity index (χ3v) is 7.05. The van der Waals surface area contributed by atoms with E-state index in [4.69, 9.17) is 4.74 Å². The van der Waals surface area contributed by atoms with Gasteiger partial charge in [0.1, 0.15) is 12.6 Å². The molecule has 1 atom stereocenters. The minimum absolute atomic E-state index is 0.0773. The summed E-state index contributed by atoms with van der Waals surface area (Å²) in [6.45, 7) is 2.20. The SMILES string of the molecule is COC(=O)Cn1c(=NC(=O)C2CCCCN2S(C)(=O)=O)sc2cc(C)ccc21. The molecule has 2 aromatic rings. The molecule has 0 saturated carbocycles. The molecule has 0 N–H and O–H groups in total. The minimum Gasteiger partial charge on any atom is -0.468 e. The van der Waals surface area contributed by atoms with Gasteiger partial charge in [0.05, 0.1) is 23.6 Å². The van der Waals surface area contributed by atoms with E-state index in [1.165, 1.54) is 22.8 Å². The van der Waals surface area contributed by atoms with Crippen LogP contribution in [-0.2, 0) is 30.9 Å². The summed E-state index contributed by atoms with van der Waals surface area (Å²) >= 11 is 1.29. The monoisotopic (exact) mass is 425 g/mol. The van der Waals surface area contributed by atoms with Crippen LogP contribution in [0.15, 0.2) is 23.2 Å². The number of carbonyl (C=O) groups excluding carboxylic acids is 2. The van der Waals surface area contributed by atoms with Gasteiger partial charge in [-0.05, 0) is 37.5 Å². The normalized spacial score (nSPS) is 19.1. The van der Waals surface area contributed by atoms with Crippen LogP contribution in [0.25, 0.3) is 10.2 Å². The molecule has 28 heavy (non-hydrogen) atoms. The van der Waals surface area contributed by atoms with Crippen molar-refractivity contribution in [3.05, 3.63) is 28.6 Å². The van der Waals surface area contributed by atoms with E-state index in [0.29, 0.717) is 17.8 Å². The zero-order valence-electron chi connectivity index (χ0n) is 16.0. The van der Waals surface area contributed by atoms with E-state index >= 15 is 0 Å². The number of benzene rings is 1. The summed E-state index contributed by atoms with van der Waals surface area (Å²) in [7, 11) is -2.20. The second-order valence-corrected chi connectivity index (χ2v) is 9.80. The van der Waals surface area contributed by atoms with Crippen molar-refractivity contribution in [2.75, 3.05) is 19.9 Å². The first-order valence-electron chi connectivity index (χ1n) is 8.93. The number of ether oxygens (including phenoxy) is 1. The van der Waals surface area contributed by atoms with Crippen LogP contribution in [0.2, 0.25) is 0 Å². The number of aromatic nitrogens is 1. The molecule has 1 aromatic heterocycles. The number of amides is 1. The van der Waals surface area contributed by atoms with Crippen LogP contribution in [0, 0.1) is 6.92 Å². The molecular formula is C18H23N3O5S2. The Balaban J connectivity index is 2.08. The standard InChI is InChI=1S/C18H23N3O5S2/c1-12-7-8-13-15(10-12)27-18(20(13)11-16(22)26-2)19-17(23)14-6-4-5-9-21(14)28(3,24)25/h7-8,10,14H,4-6,9,11H2,1-3H3. The fraction of sp³-hybridized carbons (Fsp3) is 0.500. The van der Waals surface area contributed by atoms with Crippen LogP contribution < -0.4 is 4.80 Å². The number of nitrogens with zero attached hydrogens (tertiary/aromatic N) is 3. The topological polar surface area (TPSA) is 98.0 Å². The van der Waals surface area contributed by atoms with Crippen LogP contribution in [-0.4, -0.2) is 55.1 Å². The number of methoxy groups -OCH3 is 1. The molecule has 8 nitrogen and oxygen atoms in total. The highest BCUT2D eigenvalue weighted by atomic mass is 32.2. The summed E-state index contributed by atoms with van der Waals surface area (Å²) in [5, 5.41) is 0. The Labute approximate surface area is 167 Å². The highest BCUT2D eigenvalue weighted by Gasteiger charge is 2.34. The van der Waals surface area contributed by atoms with Crippen LogP contribution >= 0.6 is 11.3 Å². The van der Waals surface area contributed by atoms with Crippen LogP contribution in [0.3, 0.4) is 0 Å². The van der Waals surface area contributed by atoms with E-state index < -0.39 is 27.9 Å². The van der Waals surface area contributed by atoms with Crippen molar-refractivity contribution < 1.29 is 22.7 Å². The third kappa shape index (κ3) is 4.34. The van der Waals surface area contributed by atoms with Gasteiger partial charge >= 0.3 is 5.97 Å². The second-order valence-electron chi connectivity index (χ2n) is 6.85. The van der Waals surface area contributed by atoms with Gasteiger partial charge in [0, 0.05) is 6.54 Å². The number of esters is 1. The van der Waals surface area contributed by atoms with Crippen molar-refractivity contribution in [2.45, 2.75) is 38.8 Å². The van der Waals surface area contributed by atoms with Crippen molar-refractivity contribution in [1.29, 1.82) is 0 Å². The minimum atomic E-state index is -3.50. The summed E-state index contributed by atoms with van der Waals surface area (Å²) in [6.07, 6.45) is 3.04. The van der Waals surface area contributed by atoms with Gasteiger partial charge in [-0.15, -0.1) is 0 Å². The Bertz CT molecular complexity index is 1080. The summed E-state index contributed by atoms with van der Waals surface area (Å²) in [6, 6.07) is 4.95. The number of thiazole rings is 1. The quantitative estimate of drug-likeness (QED) is 0.690. The highest BCUT2D eigenvalue weighted by Crippen LogP contribution is 2.22. The Morgan fingerprint density at radius 2 is 2.07 bits per heavy atom. The predicted octanol–water partition coefficient (Wildman–Crippen LogP) is 1.43. The van der Waals surface area contributed by atoms with Gasteiger partial charge in [0.15, 0.2) is 4.80 Å². The first kappa shape index (κ1) is 20.7. The molecule has 0 bridgehead atoms. The zero-order chi connectivity index (χ0) is 20.5. The number of aryl methyl sites for hydroxylation is 1. The first-order valence-corrected chi connectivity index (χ1v) is 11.6. The largest absolute Gasteiger partial charge is 0.468 e. The van der Waals surface area contributed by atoms with Crippen molar-refractivity contribution in [2.24, 2.45) is 4.99 Å². The van der Waals surface area contributed by atoms with Gasteiger partial charge in [-0.2, -0.15) is 9.30 Å². The lowest BCUT2D eigenvalue weighted by Gasteiger charge is -2.31. The fourth-order valence-electron chi connectivity index (χ4n) is 3.33. The molecule has 1 aromatic carbocycles. The summed E-state index contributed by atoms with van der Waals surface area (Å²) in [5.74, 6) is -0.961. The molecule has 1 aliphatic heterocycles. The maximum Gasteiger partial charge on any atom is 0.325 e. The fourth-order valence-corrected chi connectivity index (χ4v) is 5.58. The number of fused-ring (bicyclic) bond motifs is 1. The molecule has 10 heteroatoms. The molecule has 1 unspecified atom stereocenters. The van der Waals surface area contributed by atoms with Gasteiger partial charge in [0.2, 0.25) is 10.0 Å². The van der Waals surface area contributed by atoms with Crippen molar-refractivity contribution in [3.63, 3.8) is 0 Å². The Morgan fingerprint density at radius 3 is 2.75 bits per heavy atom. The molecule has 0 aliphatic carbocycles. The third-order valence-electron chi connectivity index (χ3n) is 4.72. The molecule has 1 saturated heterocycles. The zero-order valence-corrected chi connectivity index (χ0v) is 17.7. The smallest absolute Gasteiger partial charge is 0.325 e. The van der Waals surface area contributed by atoms with Crippen LogP contribution in [0.1, 0.15) is 24.8 Å². The van der Waals surface area contributed by atoms with Gasteiger partial charge in [-0.1, -0.05) is 23.8 Å². The number of piperidine rings is 1. The van der Waals surface area contributed by atoms with E-state index in [9.17, 15) is 18.0 Å². The molecule has 0 radical (unpaired) electrons. The molecule has 0 spiro atoms. The summed E-state index contributed by atoms with van der Waals surface area (Å²) in [4.78, 5) is 29.3. The maximum atomic E-state index is 12.9. The Morgan fingerprint density at radius 1 is 1.32 bits per heavy atom. The average molecular weight is 426 g/mol. The van der Waals surface area contributed by atoms with E-state index in [0.717, 1.165) is 34.9 Å². The van der Waals surface area contributed by atoms with Gasteiger partial charge < -0.3 is 9.30 Å². The van der Waals surface area contributed by atoms with Gasteiger partial charge in [-0.25, -0.2) is 8.42 Å². The predicted molar refractivity (Wildman–Crippen MR) is 106 cm³/mol. The number of carbonyl (C=O) groups is 2. The van der Waals surface area contributed by atoms with Crippen molar-refractivity contribution in [3.8, 4) is 0 Å². The lowest BCUT2D eigenvalue weighted by atomic mass is 10.0. The lowest BCUT2D eigenvalue weighted by Crippen LogP contribution is -2.47.